The van der Waals surface area contributed by atoms with E-state index in [1.807, 2.05) is 6.07 Å². The molecule has 4 aliphatic rings. The van der Waals surface area contributed by atoms with E-state index in [0.717, 1.165) is 41.0 Å². The van der Waals surface area contributed by atoms with Crippen molar-refractivity contribution >= 4 is 33.1 Å². The number of phenolic OH excluding ortho intramolecular Hbond substituents is 1. The lowest BCUT2D eigenvalue weighted by atomic mass is 9.48. The van der Waals surface area contributed by atoms with Crippen LogP contribution in [0.25, 0.3) is 0 Å². The van der Waals surface area contributed by atoms with E-state index >= 15 is 0 Å². The number of nitrogens with zero attached hydrogens (tertiary/aromatic N) is 1. The Morgan fingerprint density at radius 1 is 1.32 bits per heavy atom. The Morgan fingerprint density at radius 2 is 1.97 bits per heavy atom. The van der Waals surface area contributed by atoms with E-state index in [0.29, 0.717) is 37.5 Å². The number of carbonyl (C=O) groups is 1. The number of hydrogen-bond donors (Lipinski definition) is 3. The van der Waals surface area contributed by atoms with Crippen LogP contribution >= 0.6 is 12.2 Å². The third-order valence-corrected chi connectivity index (χ3v) is 9.01. The van der Waals surface area contributed by atoms with Crippen LogP contribution in [0.4, 0.5) is 0 Å². The number of aromatic hydroxyl groups is 1. The summed E-state index contributed by atoms with van der Waals surface area (Å²) in [6.45, 7) is 2.02. The molecule has 0 amide bonds. The molecule has 1 aromatic carbocycles. The molecule has 8 nitrogen and oxygen atoms in total. The van der Waals surface area contributed by atoms with E-state index in [2.05, 4.69) is 7.05 Å². The second-order valence-corrected chi connectivity index (χ2v) is 12.8. The van der Waals surface area contributed by atoms with Crippen molar-refractivity contribution in [3.63, 3.8) is 0 Å². The number of piperidine rings is 1. The van der Waals surface area contributed by atoms with Gasteiger partial charge in [-0.15, -0.1) is 0 Å². The van der Waals surface area contributed by atoms with Gasteiger partial charge in [-0.05, 0) is 30.9 Å². The Kier molecular flexibility index (Phi) is 6.39. The Bertz CT molecular complexity index is 1130. The van der Waals surface area contributed by atoms with E-state index in [1.165, 1.54) is 19.3 Å². The Hall–Kier alpha value is -1.59. The van der Waals surface area contributed by atoms with Crippen LogP contribution in [0.2, 0.25) is 0 Å². The van der Waals surface area contributed by atoms with Gasteiger partial charge in [-0.1, -0.05) is 24.7 Å². The smallest absolute Gasteiger partial charge is 0.134 e. The van der Waals surface area contributed by atoms with Gasteiger partial charge in [-0.2, -0.15) is 0 Å². The Labute approximate surface area is 206 Å². The van der Waals surface area contributed by atoms with E-state index in [4.69, 9.17) is 30.9 Å². The maximum absolute atomic E-state index is 12.6. The largest absolute Gasteiger partial charge is 0.748 e. The zero-order valence-electron chi connectivity index (χ0n) is 19.7. The van der Waals surface area contributed by atoms with Crippen molar-refractivity contribution < 1.29 is 32.5 Å². The molecule has 1 heterocycles. The van der Waals surface area contributed by atoms with Gasteiger partial charge in [0.25, 0.3) is 0 Å². The number of likely N-dealkylation sites (N-methyl/N-ethyl adjacent to an activating group) is 1. The number of rotatable bonds is 3. The highest BCUT2D eigenvalue weighted by Gasteiger charge is 2.70. The molecule has 10 heteroatoms. The summed E-state index contributed by atoms with van der Waals surface area (Å²) in [5.74, 6) is 1.00. The summed E-state index contributed by atoms with van der Waals surface area (Å²) in [6, 6.07) is 3.86. The number of quaternary nitrogens is 1. The van der Waals surface area contributed by atoms with Crippen molar-refractivity contribution in [1.82, 2.24) is 0 Å². The highest BCUT2D eigenvalue weighted by Crippen LogP contribution is 2.61. The SMILES string of the molecule is CS(=O)(=O)[O-].C[N+]1(CC2CCC2)CC[C@]23CC(=O)CC[C@@]2(O)[C@H]1Cc1ccc(C(N)=S)c(O)c13. The van der Waals surface area contributed by atoms with Gasteiger partial charge >= 0.3 is 0 Å². The summed E-state index contributed by atoms with van der Waals surface area (Å²) in [5.41, 5.74) is 6.37. The molecular formula is C24H34N2O6S2. The average Bonchev–Trinajstić information content (AvgIpc) is 2.67. The molecule has 2 saturated carbocycles. The minimum atomic E-state index is -3.92. The Balaban J connectivity index is 0.000000499. The molecule has 0 radical (unpaired) electrons. The number of fused-ring (bicyclic) bond motifs is 1. The fourth-order valence-electron chi connectivity index (χ4n) is 7.10. The molecule has 0 aromatic heterocycles. The standard InChI is InChI=1S/C23H30N2O3S.CH4O3S/c1-25(13-14-3-2-4-14)10-9-22-12-16(26)7-8-23(22,28)18(25)11-15-5-6-17(21(24)29)20(27)19(15)22;1-5(2,3)4/h5-6,14,18,28H,2-4,7-13H2,1H3,(H2-,24,27,29);1H3,(H,2,3,4)/t18-,22-,23-,25?;/m1./s1. The lowest BCUT2D eigenvalue weighted by Crippen LogP contribution is -2.78. The van der Waals surface area contributed by atoms with Gasteiger partial charge < -0.3 is 25.0 Å². The molecule has 4 atom stereocenters. The number of Topliss-reactive ketones (excluding diaryl/α,β-unsaturated/α-hetero) is 1. The number of benzene rings is 1. The summed E-state index contributed by atoms with van der Waals surface area (Å²) in [7, 11) is -1.62. The van der Waals surface area contributed by atoms with Crippen LogP contribution in [0.3, 0.4) is 0 Å². The quantitative estimate of drug-likeness (QED) is 0.316. The van der Waals surface area contributed by atoms with Gasteiger partial charge in [0.15, 0.2) is 0 Å². The third kappa shape index (κ3) is 4.17. The number of thiocarbonyl (C=S) groups is 1. The maximum atomic E-state index is 12.6. The first-order valence-electron chi connectivity index (χ1n) is 11.8. The lowest BCUT2D eigenvalue weighted by Gasteiger charge is -2.65. The summed E-state index contributed by atoms with van der Waals surface area (Å²) in [4.78, 5) is 12.8. The van der Waals surface area contributed by atoms with E-state index in [9.17, 15) is 15.0 Å². The first-order valence-corrected chi connectivity index (χ1v) is 14.1. The van der Waals surface area contributed by atoms with Gasteiger partial charge in [0, 0.05) is 48.8 Å². The minimum Gasteiger partial charge on any atom is -0.748 e. The van der Waals surface area contributed by atoms with Gasteiger partial charge in [-0.25, -0.2) is 8.42 Å². The second kappa shape index (κ2) is 8.51. The van der Waals surface area contributed by atoms with Crippen LogP contribution in [-0.2, 0) is 26.7 Å². The molecule has 34 heavy (non-hydrogen) atoms. The van der Waals surface area contributed by atoms with Gasteiger partial charge in [0.05, 0.1) is 35.8 Å². The molecule has 2 bridgehead atoms. The van der Waals surface area contributed by atoms with Crippen molar-refractivity contribution in [2.24, 2.45) is 11.7 Å². The molecule has 1 aromatic rings. The predicted octanol–water partition coefficient (Wildman–Crippen LogP) is 1.48. The minimum absolute atomic E-state index is 0.0486. The molecule has 5 rings (SSSR count). The predicted molar refractivity (Wildman–Crippen MR) is 130 cm³/mol. The number of hydrogen-bond acceptors (Lipinski definition) is 7. The maximum Gasteiger partial charge on any atom is 0.134 e. The molecule has 3 aliphatic carbocycles. The van der Waals surface area contributed by atoms with Gasteiger partial charge in [-0.3, -0.25) is 4.79 Å². The number of nitrogens with two attached hydrogens (primary N) is 1. The number of ketones is 1. The summed E-state index contributed by atoms with van der Waals surface area (Å²) >= 11 is 5.15. The third-order valence-electron chi connectivity index (χ3n) is 8.79. The highest BCUT2D eigenvalue weighted by atomic mass is 32.2. The van der Waals surface area contributed by atoms with Crippen LogP contribution in [0, 0.1) is 5.92 Å². The van der Waals surface area contributed by atoms with E-state index in [-0.39, 0.29) is 22.6 Å². The fourth-order valence-corrected chi connectivity index (χ4v) is 7.27. The summed E-state index contributed by atoms with van der Waals surface area (Å²) < 4.78 is 28.1. The molecule has 3 fully saturated rings. The summed E-state index contributed by atoms with van der Waals surface area (Å²) in [5, 5.41) is 23.5. The van der Waals surface area contributed by atoms with E-state index in [1.54, 1.807) is 6.07 Å². The Morgan fingerprint density at radius 3 is 2.53 bits per heavy atom. The molecule has 1 aliphatic heterocycles. The van der Waals surface area contributed by atoms with Crippen molar-refractivity contribution in [2.75, 3.05) is 26.4 Å². The van der Waals surface area contributed by atoms with Gasteiger partial charge in [0.1, 0.15) is 28.2 Å². The van der Waals surface area contributed by atoms with Crippen LogP contribution in [0.1, 0.15) is 61.6 Å². The molecule has 1 saturated heterocycles. The fraction of sp³-hybridized carbons (Fsp3) is 0.667. The van der Waals surface area contributed by atoms with Crippen molar-refractivity contribution in [3.8, 4) is 5.75 Å². The summed E-state index contributed by atoms with van der Waals surface area (Å²) in [6.07, 6.45) is 7.11. The number of likely N-dealkylation sites (tertiary alicyclic amines) is 1. The normalized spacial score (nSPS) is 34.7. The first-order chi connectivity index (χ1) is 15.7. The number of carbonyl (C=O) groups excluding carboxylic acids is 1. The van der Waals surface area contributed by atoms with Crippen LogP contribution in [-0.4, -0.2) is 76.5 Å². The molecule has 188 valence electrons. The topological polar surface area (TPSA) is 141 Å². The molecular weight excluding hydrogens is 476 g/mol. The van der Waals surface area contributed by atoms with Crippen LogP contribution < -0.4 is 5.73 Å². The zero-order valence-corrected chi connectivity index (χ0v) is 21.4. The molecule has 4 N–H and O–H groups in total. The molecule has 0 spiro atoms. The first kappa shape index (κ1) is 25.5. The number of aliphatic hydroxyl groups is 1. The highest BCUT2D eigenvalue weighted by molar-refractivity contribution is 7.84. The van der Waals surface area contributed by atoms with Crippen molar-refractivity contribution in [1.29, 1.82) is 0 Å². The molecule has 1 unspecified atom stereocenters. The average molecular weight is 511 g/mol. The lowest BCUT2D eigenvalue weighted by molar-refractivity contribution is -0.952. The van der Waals surface area contributed by atoms with Crippen LogP contribution in [0.15, 0.2) is 12.1 Å². The zero-order chi connectivity index (χ0) is 25.1. The monoisotopic (exact) mass is 510 g/mol. The number of phenols is 1. The van der Waals surface area contributed by atoms with Crippen molar-refractivity contribution in [3.05, 3.63) is 28.8 Å². The van der Waals surface area contributed by atoms with E-state index < -0.39 is 21.1 Å². The van der Waals surface area contributed by atoms with Crippen molar-refractivity contribution in [2.45, 2.75) is 68.4 Å². The van der Waals surface area contributed by atoms with Crippen LogP contribution in [0.5, 0.6) is 5.75 Å². The second-order valence-electron chi connectivity index (χ2n) is 10.9. The van der Waals surface area contributed by atoms with Gasteiger partial charge in [0.2, 0.25) is 0 Å².